The molecule has 10 heteroatoms. The van der Waals surface area contributed by atoms with Crippen LogP contribution in [0.1, 0.15) is 15.9 Å². The van der Waals surface area contributed by atoms with Crippen molar-refractivity contribution in [1.29, 1.82) is 0 Å². The van der Waals surface area contributed by atoms with Crippen LogP contribution >= 0.6 is 11.6 Å². The van der Waals surface area contributed by atoms with Crippen molar-refractivity contribution in [3.8, 4) is 0 Å². The standard InChI is InChI=1S/C15H14ClN3O5S/c1-9-13(16)7-12(8-14(9)19(21)22)25(23,24)18(2)11-5-3-10(4-6-11)15(17)20/h3-8H,1-2H3,(H2,17,20). The van der Waals surface area contributed by atoms with Crippen LogP contribution in [0.2, 0.25) is 5.02 Å². The summed E-state index contributed by atoms with van der Waals surface area (Å²) < 4.78 is 26.4. The molecule has 0 saturated carbocycles. The van der Waals surface area contributed by atoms with Gasteiger partial charge in [-0.1, -0.05) is 11.6 Å². The highest BCUT2D eigenvalue weighted by molar-refractivity contribution is 7.92. The third-order valence-corrected chi connectivity index (χ3v) is 5.82. The minimum atomic E-state index is -4.09. The summed E-state index contributed by atoms with van der Waals surface area (Å²) in [7, 11) is -2.81. The van der Waals surface area contributed by atoms with Crippen LogP contribution in [0.4, 0.5) is 11.4 Å². The Morgan fingerprint density at radius 3 is 2.28 bits per heavy atom. The number of amides is 1. The molecule has 0 saturated heterocycles. The Hall–Kier alpha value is -2.65. The Morgan fingerprint density at radius 1 is 1.24 bits per heavy atom. The molecular weight excluding hydrogens is 370 g/mol. The van der Waals surface area contributed by atoms with Gasteiger partial charge in [0, 0.05) is 24.2 Å². The van der Waals surface area contributed by atoms with Crippen LogP contribution in [0.25, 0.3) is 0 Å². The summed E-state index contributed by atoms with van der Waals surface area (Å²) in [6, 6.07) is 7.70. The van der Waals surface area contributed by atoms with E-state index in [2.05, 4.69) is 0 Å². The second kappa shape index (κ2) is 6.69. The van der Waals surface area contributed by atoms with Crippen molar-refractivity contribution >= 4 is 38.9 Å². The largest absolute Gasteiger partial charge is 0.366 e. The topological polar surface area (TPSA) is 124 Å². The van der Waals surface area contributed by atoms with Gasteiger partial charge in [0.25, 0.3) is 15.7 Å². The number of nitro benzene ring substituents is 1. The number of primary amides is 1. The molecule has 1 amide bonds. The number of sulfonamides is 1. The fourth-order valence-corrected chi connectivity index (χ4v) is 3.63. The van der Waals surface area contributed by atoms with E-state index < -0.39 is 20.9 Å². The Labute approximate surface area is 149 Å². The number of hydrogen-bond donors (Lipinski definition) is 1. The normalized spacial score (nSPS) is 11.2. The Bertz CT molecular complexity index is 958. The molecule has 0 heterocycles. The summed E-state index contributed by atoms with van der Waals surface area (Å²) in [6.45, 7) is 1.43. The number of nitrogens with zero attached hydrogens (tertiary/aromatic N) is 2. The highest BCUT2D eigenvalue weighted by atomic mass is 35.5. The molecular formula is C15H14ClN3O5S. The fraction of sp³-hybridized carbons (Fsp3) is 0.133. The summed E-state index contributed by atoms with van der Waals surface area (Å²) in [4.78, 5) is 21.2. The molecule has 0 unspecified atom stereocenters. The quantitative estimate of drug-likeness (QED) is 0.627. The van der Waals surface area contributed by atoms with E-state index in [1.54, 1.807) is 0 Å². The summed E-state index contributed by atoms with van der Waals surface area (Å²) in [5.74, 6) is -0.641. The van der Waals surface area contributed by atoms with Gasteiger partial charge in [0.05, 0.1) is 20.5 Å². The smallest absolute Gasteiger partial charge is 0.275 e. The molecule has 2 aromatic rings. The number of nitro groups is 1. The van der Waals surface area contributed by atoms with Crippen molar-refractivity contribution < 1.29 is 18.1 Å². The van der Waals surface area contributed by atoms with E-state index in [0.29, 0.717) is 0 Å². The zero-order valence-electron chi connectivity index (χ0n) is 13.3. The number of rotatable bonds is 5. The number of nitrogens with two attached hydrogens (primary N) is 1. The van der Waals surface area contributed by atoms with Crippen molar-refractivity contribution in [2.24, 2.45) is 5.73 Å². The second-order valence-electron chi connectivity index (χ2n) is 5.19. The van der Waals surface area contributed by atoms with E-state index in [-0.39, 0.29) is 32.4 Å². The first-order valence-corrected chi connectivity index (χ1v) is 8.71. The number of benzene rings is 2. The average molecular weight is 384 g/mol. The van der Waals surface area contributed by atoms with E-state index in [0.717, 1.165) is 16.4 Å². The highest BCUT2D eigenvalue weighted by Gasteiger charge is 2.26. The van der Waals surface area contributed by atoms with Crippen LogP contribution < -0.4 is 10.0 Å². The SMILES string of the molecule is Cc1c(Cl)cc(S(=O)(=O)N(C)c2ccc(C(N)=O)cc2)cc1[N+](=O)[O-]. The fourth-order valence-electron chi connectivity index (χ4n) is 2.11. The van der Waals surface area contributed by atoms with Crippen LogP contribution in [0.15, 0.2) is 41.3 Å². The third kappa shape index (κ3) is 3.57. The summed E-state index contributed by atoms with van der Waals surface area (Å²) in [6.07, 6.45) is 0. The molecule has 0 aromatic heterocycles. The number of carbonyl (C=O) groups excluding carboxylic acids is 1. The van der Waals surface area contributed by atoms with E-state index in [1.807, 2.05) is 0 Å². The summed E-state index contributed by atoms with van der Waals surface area (Å²) in [5.41, 5.74) is 5.42. The van der Waals surface area contributed by atoms with Gasteiger partial charge < -0.3 is 5.73 Å². The molecule has 2 rings (SSSR count). The third-order valence-electron chi connectivity index (χ3n) is 3.66. The molecule has 0 spiro atoms. The molecule has 132 valence electrons. The molecule has 0 bridgehead atoms. The minimum Gasteiger partial charge on any atom is -0.366 e. The molecule has 0 atom stereocenters. The first-order chi connectivity index (χ1) is 11.6. The Kier molecular flexibility index (Phi) is 5.00. The van der Waals surface area contributed by atoms with Crippen molar-refractivity contribution in [2.45, 2.75) is 11.8 Å². The van der Waals surface area contributed by atoms with Crippen molar-refractivity contribution in [3.63, 3.8) is 0 Å². The summed E-state index contributed by atoms with van der Waals surface area (Å²) in [5, 5.41) is 11.1. The second-order valence-corrected chi connectivity index (χ2v) is 7.57. The molecule has 0 fully saturated rings. The van der Waals surface area contributed by atoms with E-state index >= 15 is 0 Å². The molecule has 8 nitrogen and oxygen atoms in total. The molecule has 25 heavy (non-hydrogen) atoms. The minimum absolute atomic E-state index is 0.0229. The lowest BCUT2D eigenvalue weighted by atomic mass is 10.2. The Morgan fingerprint density at radius 2 is 1.80 bits per heavy atom. The number of anilines is 1. The maximum Gasteiger partial charge on any atom is 0.275 e. The maximum atomic E-state index is 12.7. The molecule has 2 N–H and O–H groups in total. The van der Waals surface area contributed by atoms with Crippen LogP contribution in [0.3, 0.4) is 0 Å². The van der Waals surface area contributed by atoms with Gasteiger partial charge >= 0.3 is 0 Å². The van der Waals surface area contributed by atoms with Gasteiger partial charge in [0.2, 0.25) is 5.91 Å². The average Bonchev–Trinajstić information content (AvgIpc) is 2.56. The lowest BCUT2D eigenvalue weighted by Gasteiger charge is -2.20. The zero-order valence-corrected chi connectivity index (χ0v) is 14.8. The van der Waals surface area contributed by atoms with Crippen LogP contribution in [-0.2, 0) is 10.0 Å². The first kappa shape index (κ1) is 18.7. The first-order valence-electron chi connectivity index (χ1n) is 6.89. The number of carbonyl (C=O) groups is 1. The molecule has 0 aliphatic heterocycles. The van der Waals surface area contributed by atoms with Gasteiger partial charge in [-0.3, -0.25) is 19.2 Å². The van der Waals surface area contributed by atoms with Gasteiger partial charge in [0.1, 0.15) is 0 Å². The lowest BCUT2D eigenvalue weighted by Crippen LogP contribution is -2.26. The van der Waals surface area contributed by atoms with Crippen LogP contribution in [0.5, 0.6) is 0 Å². The van der Waals surface area contributed by atoms with Gasteiger partial charge in [-0.15, -0.1) is 0 Å². The maximum absolute atomic E-state index is 12.7. The molecule has 2 aromatic carbocycles. The van der Waals surface area contributed by atoms with Crippen LogP contribution in [-0.4, -0.2) is 26.3 Å². The van der Waals surface area contributed by atoms with Gasteiger partial charge in [-0.05, 0) is 37.3 Å². The van der Waals surface area contributed by atoms with E-state index in [4.69, 9.17) is 17.3 Å². The molecule has 0 aliphatic carbocycles. The predicted molar refractivity (Wildman–Crippen MR) is 93.4 cm³/mol. The highest BCUT2D eigenvalue weighted by Crippen LogP contribution is 2.32. The monoisotopic (exact) mass is 383 g/mol. The lowest BCUT2D eigenvalue weighted by molar-refractivity contribution is -0.385. The number of hydrogen-bond acceptors (Lipinski definition) is 5. The van der Waals surface area contributed by atoms with E-state index in [9.17, 15) is 23.3 Å². The van der Waals surface area contributed by atoms with Gasteiger partial charge in [0.15, 0.2) is 0 Å². The predicted octanol–water partition coefficient (Wildman–Crippen LogP) is 2.48. The van der Waals surface area contributed by atoms with Gasteiger partial charge in [-0.2, -0.15) is 0 Å². The van der Waals surface area contributed by atoms with Crippen molar-refractivity contribution in [3.05, 3.63) is 62.7 Å². The van der Waals surface area contributed by atoms with Crippen LogP contribution in [0, 0.1) is 17.0 Å². The molecule has 0 radical (unpaired) electrons. The van der Waals surface area contributed by atoms with Crippen molar-refractivity contribution in [2.75, 3.05) is 11.4 Å². The Balaban J connectivity index is 2.51. The zero-order chi connectivity index (χ0) is 18.9. The number of halogens is 1. The van der Waals surface area contributed by atoms with Crippen molar-refractivity contribution in [1.82, 2.24) is 0 Å². The van der Waals surface area contributed by atoms with E-state index in [1.165, 1.54) is 38.2 Å². The summed E-state index contributed by atoms with van der Waals surface area (Å²) >= 11 is 5.94. The molecule has 0 aliphatic rings. The van der Waals surface area contributed by atoms with Gasteiger partial charge in [-0.25, -0.2) is 8.42 Å².